The fraction of sp³-hybridized carbons (Fsp3) is 0.548. The van der Waals surface area contributed by atoms with Crippen LogP contribution < -0.4 is 59.2 Å². The molecule has 0 spiro atoms. The number of carboxylic acid groups (broad SMARTS) is 1. The number of hydrogen-bond donors (Lipinski definition) is 17. The molecule has 1 saturated heterocycles. The molecular formula is C62H85N13O22. The number of nitrogens with zero attached hydrogens (tertiary/aromatic N) is 2. The van der Waals surface area contributed by atoms with Crippen LogP contribution in [0.4, 0.5) is 0 Å². The van der Waals surface area contributed by atoms with Crippen LogP contribution in [0.1, 0.15) is 141 Å². The van der Waals surface area contributed by atoms with E-state index in [1.54, 1.807) is 27.7 Å². The van der Waals surface area contributed by atoms with Gasteiger partial charge in [0.15, 0.2) is 24.6 Å². The number of H-pyrrole nitrogens is 1. The van der Waals surface area contributed by atoms with Crippen LogP contribution in [0, 0.1) is 11.8 Å². The van der Waals surface area contributed by atoms with Crippen molar-refractivity contribution in [2.75, 3.05) is 40.0 Å². The number of aliphatic hydroxyl groups excluding tert-OH is 2. The number of nitrogens with one attached hydrogen (secondary N) is 8. The lowest BCUT2D eigenvalue weighted by Gasteiger charge is -2.42. The van der Waals surface area contributed by atoms with Gasteiger partial charge >= 0.3 is 11.9 Å². The van der Waals surface area contributed by atoms with Gasteiger partial charge in [0.05, 0.1) is 68.1 Å². The molecule has 11 atom stereocenters. The van der Waals surface area contributed by atoms with Gasteiger partial charge in [0.25, 0.3) is 0 Å². The number of esters is 1. The van der Waals surface area contributed by atoms with Gasteiger partial charge < -0.3 is 109 Å². The predicted molar refractivity (Wildman–Crippen MR) is 336 cm³/mol. The predicted octanol–water partition coefficient (Wildman–Crippen LogP) is -3.82. The number of imidazole rings is 1. The Bertz CT molecular complexity index is 3460. The molecule has 20 N–H and O–H groups in total. The maximum atomic E-state index is 14.1. The zero-order valence-corrected chi connectivity index (χ0v) is 54.3. The molecular weight excluding hydrogens is 1280 g/mol. The zero-order valence-electron chi connectivity index (χ0n) is 54.3. The number of aliphatic carboxylic acids is 1. The van der Waals surface area contributed by atoms with Gasteiger partial charge in [0.2, 0.25) is 52.9 Å². The van der Waals surface area contributed by atoms with Crippen molar-refractivity contribution in [1.29, 1.82) is 0 Å². The molecule has 0 bridgehead atoms. The summed E-state index contributed by atoms with van der Waals surface area (Å²) in [5.74, 6) is -14.1. The molecule has 3 aromatic rings. The highest BCUT2D eigenvalue weighted by Crippen LogP contribution is 2.52. The summed E-state index contributed by atoms with van der Waals surface area (Å²) >= 11 is 0. The number of phenols is 2. The Hall–Kier alpha value is -9.68. The van der Waals surface area contributed by atoms with E-state index in [0.29, 0.717) is 5.69 Å². The molecule has 97 heavy (non-hydrogen) atoms. The minimum absolute atomic E-state index is 0.00390. The minimum Gasteiger partial charge on any atom is -0.507 e. The number of carbonyl (C=O) groups is 12. The van der Waals surface area contributed by atoms with E-state index in [1.807, 2.05) is 0 Å². The van der Waals surface area contributed by atoms with Crippen LogP contribution in [-0.4, -0.2) is 218 Å². The van der Waals surface area contributed by atoms with Crippen LogP contribution in [0.15, 0.2) is 35.7 Å². The summed E-state index contributed by atoms with van der Waals surface area (Å²) in [6.45, 7) is 4.78. The molecule has 35 heteroatoms. The maximum Gasteiger partial charge on any atom is 0.326 e. The molecule has 2 heterocycles. The van der Waals surface area contributed by atoms with Crippen LogP contribution in [-0.2, 0) is 75.0 Å². The number of guanidine groups is 1. The number of carboxylic acids is 1. The highest BCUT2D eigenvalue weighted by molar-refractivity contribution is 6.31. The van der Waals surface area contributed by atoms with Crippen molar-refractivity contribution in [1.82, 2.24) is 47.2 Å². The molecule has 1 fully saturated rings. The van der Waals surface area contributed by atoms with Gasteiger partial charge in [-0.15, -0.1) is 0 Å². The number of rotatable bonds is 34. The van der Waals surface area contributed by atoms with E-state index in [1.165, 1.54) is 44.8 Å². The molecule has 530 valence electrons. The maximum absolute atomic E-state index is 14.1. The standard InChI is InChI=1S/C62H85N13O22/c1-27(2)16-35(56(87)74-37(24-76)58(89)73-36(17-30-21-66-26-70-30)57(88)72-34(60(91)92)11-9-15-67-61(64)65)71-43(80)23-68-42(79)22-69-59(90)50(28(3)4)75-41(78)13-8-14-44(81)95-25-40(77)62(93)19-32-47(39(20-62)97-45-18-33(63)51(82)29(5)96-45)55(86)49-48(53(32)84)52(83)31-10-7-12-38(94-6)46(31)54(49)85/h7,10,12,21,26-29,33-37,39,45,50-51,76,82,84,86,93H,8-9,11,13-20,22-25,63H2,1-6H3,(H,66,70)(H,68,79)(H,69,90)(H,71,80)(H,72,88)(H,73,89)(H,74,87)(H,75,78)(H,91,92)(H4,64,65,67)/t29-,33-,34-,35-,36-,37-,39-,45-,50-,51+,62-/m0/s1. The van der Waals surface area contributed by atoms with Crippen LogP contribution in [0.25, 0.3) is 0 Å². The molecule has 2 aromatic carbocycles. The van der Waals surface area contributed by atoms with Crippen LogP contribution in [0.2, 0.25) is 0 Å². The van der Waals surface area contributed by atoms with Gasteiger partial charge in [-0.05, 0) is 50.5 Å². The van der Waals surface area contributed by atoms with Crippen molar-refractivity contribution in [3.63, 3.8) is 0 Å². The topological polar surface area (TPSA) is 566 Å². The minimum atomic E-state index is -2.53. The summed E-state index contributed by atoms with van der Waals surface area (Å²) in [7, 11) is 1.27. The van der Waals surface area contributed by atoms with E-state index in [0.717, 1.165) is 0 Å². The van der Waals surface area contributed by atoms with Crippen molar-refractivity contribution in [3.8, 4) is 17.2 Å². The van der Waals surface area contributed by atoms with E-state index >= 15 is 0 Å². The van der Waals surface area contributed by atoms with Gasteiger partial charge in [-0.1, -0.05) is 39.8 Å². The number of phenolic OH excluding ortho intramolecular Hbond substituents is 2. The number of aromatic nitrogens is 2. The first-order valence-electron chi connectivity index (χ1n) is 31.2. The fourth-order valence-corrected chi connectivity index (χ4v) is 11.2. The fourth-order valence-electron chi connectivity index (χ4n) is 11.2. The SMILES string of the molecule is COc1cccc2c1C(=O)c1c(O)c3c(c(O)c1C2=O)C[C@@](O)(C(=O)COC(=O)CCCC(=O)N[C@H](C(=O)NCC(=O)NCC(=O)N[C@@H](CC(C)C)C(=O)N[C@@H](CO)C(=O)N[C@@H](Cc1cnc[nH]1)C(=O)N[C@@H](CCCN=C(N)N)C(=O)O)C(C)C)C[C@@H]3O[C@H]1C[C@H](N)[C@H](O)[C@H](C)O1. The second kappa shape index (κ2) is 34.3. The number of benzene rings is 2. The Labute approximate surface area is 555 Å². The Balaban J connectivity index is 0.979. The normalized spacial score (nSPS) is 20.2. The number of aliphatic hydroxyl groups is 3. The van der Waals surface area contributed by atoms with Crippen molar-refractivity contribution >= 4 is 76.6 Å². The number of nitrogens with two attached hydrogens (primary N) is 3. The number of ketones is 3. The second-order valence-corrected chi connectivity index (χ2v) is 24.5. The third kappa shape index (κ3) is 20.0. The number of aromatic hydroxyl groups is 2. The van der Waals surface area contributed by atoms with E-state index < -0.39 is 211 Å². The molecule has 6 rings (SSSR count). The highest BCUT2D eigenvalue weighted by atomic mass is 16.7. The van der Waals surface area contributed by atoms with Crippen LogP contribution in [0.5, 0.6) is 17.2 Å². The number of methoxy groups -OCH3 is 1. The quantitative estimate of drug-likeness (QED) is 0.00701. The first-order valence-corrected chi connectivity index (χ1v) is 31.2. The highest BCUT2D eigenvalue weighted by Gasteiger charge is 2.51. The number of aromatic amines is 1. The monoisotopic (exact) mass is 1360 g/mol. The molecule has 7 amide bonds. The van der Waals surface area contributed by atoms with Gasteiger partial charge in [-0.3, -0.25) is 57.7 Å². The smallest absolute Gasteiger partial charge is 0.326 e. The molecule has 0 saturated carbocycles. The number of ether oxygens (including phenoxy) is 4. The number of hydrogen-bond acceptors (Lipinski definition) is 24. The second-order valence-electron chi connectivity index (χ2n) is 24.5. The Kier molecular flexibility index (Phi) is 27.0. The summed E-state index contributed by atoms with van der Waals surface area (Å²) < 4.78 is 22.6. The van der Waals surface area contributed by atoms with E-state index in [2.05, 4.69) is 52.2 Å². The third-order valence-electron chi connectivity index (χ3n) is 16.3. The number of Topliss-reactive ketones (excluding diaryl/α,β-unsaturated/α-hetero) is 1. The molecule has 35 nitrogen and oxygen atoms in total. The zero-order chi connectivity index (χ0) is 71.7. The number of aliphatic imine (C=N–C) groups is 1. The van der Waals surface area contributed by atoms with E-state index in [-0.39, 0.29) is 91.4 Å². The van der Waals surface area contributed by atoms with E-state index in [9.17, 15) is 88.2 Å². The summed E-state index contributed by atoms with van der Waals surface area (Å²) in [6.07, 6.45) is -4.81. The molecule has 0 unspecified atom stereocenters. The summed E-state index contributed by atoms with van der Waals surface area (Å²) in [5, 5.41) is 83.1. The lowest BCUT2D eigenvalue weighted by molar-refractivity contribution is -0.247. The van der Waals surface area contributed by atoms with Crippen molar-refractivity contribution in [2.24, 2.45) is 34.0 Å². The Morgan fingerprint density at radius 1 is 0.814 bits per heavy atom. The first kappa shape index (κ1) is 76.3. The summed E-state index contributed by atoms with van der Waals surface area (Å²) in [4.78, 5) is 171. The van der Waals surface area contributed by atoms with Crippen molar-refractivity contribution in [2.45, 2.75) is 165 Å². The number of amides is 7. The van der Waals surface area contributed by atoms with Gasteiger partial charge in [0.1, 0.15) is 53.1 Å². The molecule has 2 aliphatic carbocycles. The van der Waals surface area contributed by atoms with Gasteiger partial charge in [-0.2, -0.15) is 0 Å². The van der Waals surface area contributed by atoms with Gasteiger partial charge in [-0.25, -0.2) is 9.78 Å². The van der Waals surface area contributed by atoms with Crippen LogP contribution >= 0.6 is 0 Å². The molecule has 0 radical (unpaired) electrons. The third-order valence-corrected chi connectivity index (χ3v) is 16.3. The number of fused-ring (bicyclic) bond motifs is 3. The average molecular weight is 1360 g/mol. The molecule has 1 aliphatic heterocycles. The van der Waals surface area contributed by atoms with Crippen LogP contribution in [0.3, 0.4) is 0 Å². The average Bonchev–Trinajstić information content (AvgIpc) is 0.812. The summed E-state index contributed by atoms with van der Waals surface area (Å²) in [6, 6.07) is -3.81. The van der Waals surface area contributed by atoms with Gasteiger partial charge in [0, 0.05) is 79.7 Å². The number of carbonyl (C=O) groups excluding carboxylic acids is 11. The van der Waals surface area contributed by atoms with Crippen molar-refractivity contribution in [3.05, 3.63) is 69.8 Å². The molecule has 1 aromatic heterocycles. The Morgan fingerprint density at radius 3 is 2.10 bits per heavy atom. The summed E-state index contributed by atoms with van der Waals surface area (Å²) in [5.41, 5.74) is 12.5. The largest absolute Gasteiger partial charge is 0.507 e. The lowest BCUT2D eigenvalue weighted by atomic mass is 9.72. The Morgan fingerprint density at radius 2 is 1.47 bits per heavy atom. The molecule has 3 aliphatic rings. The first-order chi connectivity index (χ1) is 45.8. The van der Waals surface area contributed by atoms with Crippen molar-refractivity contribution < 1.29 is 107 Å². The lowest BCUT2D eigenvalue weighted by Crippen LogP contribution is -2.59. The van der Waals surface area contributed by atoms with E-state index in [4.69, 9.17) is 36.1 Å².